The van der Waals surface area contributed by atoms with Gasteiger partial charge in [-0.05, 0) is 39.5 Å². The third-order valence-corrected chi connectivity index (χ3v) is 7.32. The molecular weight excluding hydrogens is 484 g/mol. The third-order valence-electron chi connectivity index (χ3n) is 7.32. The van der Waals surface area contributed by atoms with Crippen LogP contribution in [0.4, 0.5) is 5.95 Å². The molecule has 2 aliphatic rings. The number of anilines is 1. The van der Waals surface area contributed by atoms with Crippen LogP contribution in [0.5, 0.6) is 0 Å². The lowest BCUT2D eigenvalue weighted by Gasteiger charge is -2.31. The number of benzene rings is 1. The number of carbonyl (C=O) groups is 1. The predicted octanol–water partition coefficient (Wildman–Crippen LogP) is 2.32. The number of aromatic nitrogens is 4. The van der Waals surface area contributed by atoms with Gasteiger partial charge in [-0.2, -0.15) is 4.98 Å². The summed E-state index contributed by atoms with van der Waals surface area (Å²) >= 11 is 0. The lowest BCUT2D eigenvalue weighted by atomic mass is 10.1. The van der Waals surface area contributed by atoms with Crippen molar-refractivity contribution in [1.29, 1.82) is 0 Å². The van der Waals surface area contributed by atoms with Crippen LogP contribution in [0.3, 0.4) is 0 Å². The average molecular weight is 521 g/mol. The van der Waals surface area contributed by atoms with Gasteiger partial charge >= 0.3 is 5.69 Å². The van der Waals surface area contributed by atoms with Crippen LogP contribution < -0.4 is 21.9 Å². The maximum absolute atomic E-state index is 14.0. The Balaban J connectivity index is 1.71. The van der Waals surface area contributed by atoms with Crippen LogP contribution in [0, 0.1) is 0 Å². The van der Waals surface area contributed by atoms with Gasteiger partial charge in [0.05, 0.1) is 19.2 Å². The summed E-state index contributed by atoms with van der Waals surface area (Å²) in [6.07, 6.45) is 5.47. The highest BCUT2D eigenvalue weighted by Gasteiger charge is 2.28. The summed E-state index contributed by atoms with van der Waals surface area (Å²) in [5.41, 5.74) is 7.42. The summed E-state index contributed by atoms with van der Waals surface area (Å²) in [6, 6.07) is 8.73. The smallest absolute Gasteiger partial charge is 0.333 e. The maximum Gasteiger partial charge on any atom is 0.333 e. The van der Waals surface area contributed by atoms with Crippen molar-refractivity contribution in [2.45, 2.75) is 71.3 Å². The molecule has 2 N–H and O–H groups in total. The second-order valence-corrected chi connectivity index (χ2v) is 10.5. The van der Waals surface area contributed by atoms with Gasteiger partial charge in [0.15, 0.2) is 16.9 Å². The van der Waals surface area contributed by atoms with E-state index in [-0.39, 0.29) is 31.0 Å². The highest BCUT2D eigenvalue weighted by atomic mass is 16.5. The summed E-state index contributed by atoms with van der Waals surface area (Å²) < 4.78 is 10.3. The van der Waals surface area contributed by atoms with Gasteiger partial charge in [-0.15, -0.1) is 0 Å². The minimum Gasteiger partial charge on any atom is -0.376 e. The number of Topliss-reactive ketones (excluding diaryl/α,β-unsaturated/α-hetero) is 1. The number of rotatable bonds is 8. The number of ketones is 1. The number of allylic oxidation sites excluding steroid dienone is 2. The number of carbonyl (C=O) groups excluding carboxylic acids is 1. The molecule has 2 aromatic heterocycles. The second-order valence-electron chi connectivity index (χ2n) is 10.5. The highest BCUT2D eigenvalue weighted by molar-refractivity contribution is 5.95. The van der Waals surface area contributed by atoms with Gasteiger partial charge in [0.1, 0.15) is 0 Å². The molecule has 38 heavy (non-hydrogen) atoms. The fourth-order valence-corrected chi connectivity index (χ4v) is 5.31. The van der Waals surface area contributed by atoms with Gasteiger partial charge in [-0.25, -0.2) is 4.79 Å². The van der Waals surface area contributed by atoms with Crippen LogP contribution in [-0.2, 0) is 24.4 Å². The van der Waals surface area contributed by atoms with Crippen molar-refractivity contribution in [2.24, 2.45) is 5.73 Å². The zero-order chi connectivity index (χ0) is 26.8. The molecule has 2 unspecified atom stereocenters. The van der Waals surface area contributed by atoms with Crippen molar-refractivity contribution in [3.8, 4) is 0 Å². The van der Waals surface area contributed by atoms with Crippen LogP contribution in [0.15, 0.2) is 51.6 Å². The molecule has 0 radical (unpaired) electrons. The fraction of sp³-hybridized carbons (Fsp3) is 0.500. The van der Waals surface area contributed by atoms with Gasteiger partial charge in [0.25, 0.3) is 5.56 Å². The predicted molar refractivity (Wildman–Crippen MR) is 147 cm³/mol. The van der Waals surface area contributed by atoms with E-state index < -0.39 is 11.2 Å². The monoisotopic (exact) mass is 520 g/mol. The van der Waals surface area contributed by atoms with E-state index in [4.69, 9.17) is 15.5 Å². The Kier molecular flexibility index (Phi) is 7.62. The zero-order valence-electron chi connectivity index (χ0n) is 22.1. The van der Waals surface area contributed by atoms with E-state index in [9.17, 15) is 14.4 Å². The number of piperidine rings is 1. The van der Waals surface area contributed by atoms with E-state index in [0.29, 0.717) is 42.4 Å². The molecule has 10 heteroatoms. The highest BCUT2D eigenvalue weighted by Crippen LogP contribution is 2.24. The van der Waals surface area contributed by atoms with Crippen molar-refractivity contribution in [3.05, 3.63) is 68.4 Å². The molecule has 0 saturated carbocycles. The molecule has 10 nitrogen and oxygen atoms in total. The lowest BCUT2D eigenvalue weighted by molar-refractivity contribution is 0.0948. The van der Waals surface area contributed by atoms with Crippen molar-refractivity contribution in [3.63, 3.8) is 0 Å². The Morgan fingerprint density at radius 2 is 1.89 bits per heavy atom. The molecule has 0 aliphatic carbocycles. The van der Waals surface area contributed by atoms with E-state index in [0.717, 1.165) is 42.4 Å². The zero-order valence-corrected chi connectivity index (χ0v) is 22.1. The van der Waals surface area contributed by atoms with Crippen LogP contribution >= 0.6 is 0 Å². The first-order chi connectivity index (χ1) is 18.3. The molecule has 2 fully saturated rings. The van der Waals surface area contributed by atoms with E-state index >= 15 is 0 Å². The molecule has 2 aliphatic heterocycles. The SMILES string of the molecule is CC(C)=CCn1c(N2CCCC(N)C2)nc2c1c(=O)n(CC(=O)c1ccccc1)c(=O)n2CC1CCCO1. The number of hydrogen-bond acceptors (Lipinski definition) is 7. The molecule has 5 rings (SSSR count). The first-order valence-electron chi connectivity index (χ1n) is 13.4. The maximum atomic E-state index is 14.0. The van der Waals surface area contributed by atoms with Gasteiger partial charge in [-0.3, -0.25) is 18.7 Å². The molecule has 4 heterocycles. The first-order valence-corrected chi connectivity index (χ1v) is 13.4. The standard InChI is InChI=1S/C28H36N6O4/c1-19(2)12-14-32-24-25(30-27(32)31-13-6-10-21(29)16-31)33(17-22-11-7-15-38-22)28(37)34(26(24)36)18-23(35)20-8-4-3-5-9-20/h3-5,8-9,12,21-22H,6-7,10-11,13-18,29H2,1-2H3. The molecule has 1 aromatic carbocycles. The molecule has 0 amide bonds. The molecular formula is C28H36N6O4. The van der Waals surface area contributed by atoms with Crippen molar-refractivity contribution >= 4 is 22.9 Å². The second kappa shape index (κ2) is 11.1. The Labute approximate surface area is 221 Å². The van der Waals surface area contributed by atoms with Crippen LogP contribution in [0.1, 0.15) is 49.9 Å². The minimum atomic E-state index is -0.545. The van der Waals surface area contributed by atoms with Crippen LogP contribution in [-0.4, -0.2) is 56.3 Å². The van der Waals surface area contributed by atoms with E-state index in [1.165, 1.54) is 4.57 Å². The fourth-order valence-electron chi connectivity index (χ4n) is 5.31. The number of fused-ring (bicyclic) bond motifs is 1. The molecule has 202 valence electrons. The van der Waals surface area contributed by atoms with Gasteiger partial charge in [0.2, 0.25) is 5.95 Å². The molecule has 0 spiro atoms. The van der Waals surface area contributed by atoms with Crippen molar-refractivity contribution in [1.82, 2.24) is 18.7 Å². The van der Waals surface area contributed by atoms with Crippen LogP contribution in [0.25, 0.3) is 11.2 Å². The molecule has 2 atom stereocenters. The average Bonchev–Trinajstić information content (AvgIpc) is 3.56. The van der Waals surface area contributed by atoms with E-state index in [1.807, 2.05) is 30.6 Å². The molecule has 3 aromatic rings. The van der Waals surface area contributed by atoms with E-state index in [1.54, 1.807) is 24.3 Å². The molecule has 0 bridgehead atoms. The Hall–Kier alpha value is -3.50. The van der Waals surface area contributed by atoms with Crippen LogP contribution in [0.2, 0.25) is 0 Å². The lowest BCUT2D eigenvalue weighted by Crippen LogP contribution is -2.44. The Bertz CT molecular complexity index is 1460. The summed E-state index contributed by atoms with van der Waals surface area (Å²) in [5.74, 6) is 0.322. The quantitative estimate of drug-likeness (QED) is 0.358. The van der Waals surface area contributed by atoms with E-state index in [2.05, 4.69) is 4.90 Å². The van der Waals surface area contributed by atoms with Gasteiger partial charge in [-0.1, -0.05) is 42.0 Å². The minimum absolute atomic E-state index is 0.00898. The van der Waals surface area contributed by atoms with Crippen molar-refractivity contribution in [2.75, 3.05) is 24.6 Å². The summed E-state index contributed by atoms with van der Waals surface area (Å²) in [5, 5.41) is 0. The summed E-state index contributed by atoms with van der Waals surface area (Å²) in [4.78, 5) is 47.9. The topological polar surface area (TPSA) is 117 Å². The Morgan fingerprint density at radius 3 is 2.58 bits per heavy atom. The normalized spacial score (nSPS) is 19.7. The number of ether oxygens (including phenoxy) is 1. The number of imidazole rings is 1. The van der Waals surface area contributed by atoms with Gasteiger partial charge < -0.3 is 19.9 Å². The number of nitrogens with two attached hydrogens (primary N) is 1. The largest absolute Gasteiger partial charge is 0.376 e. The third kappa shape index (κ3) is 5.23. The first kappa shape index (κ1) is 26.1. The summed E-state index contributed by atoms with van der Waals surface area (Å²) in [7, 11) is 0. The number of nitrogens with zero attached hydrogens (tertiary/aromatic N) is 5. The Morgan fingerprint density at radius 1 is 1.11 bits per heavy atom. The molecule has 2 saturated heterocycles. The van der Waals surface area contributed by atoms with Crippen molar-refractivity contribution < 1.29 is 9.53 Å². The summed E-state index contributed by atoms with van der Waals surface area (Å²) in [6.45, 7) is 6.37. The van der Waals surface area contributed by atoms with Gasteiger partial charge in [0, 0.05) is 37.8 Å². The number of hydrogen-bond donors (Lipinski definition) is 1.